The van der Waals surface area contributed by atoms with Gasteiger partial charge in [0.05, 0.1) is 11.5 Å². The molecule has 1 amide bonds. The fourth-order valence-electron chi connectivity index (χ4n) is 3.70. The predicted octanol–water partition coefficient (Wildman–Crippen LogP) is 4.08. The lowest BCUT2D eigenvalue weighted by Gasteiger charge is -2.31. The van der Waals surface area contributed by atoms with Gasteiger partial charge < -0.3 is 9.64 Å². The summed E-state index contributed by atoms with van der Waals surface area (Å²) < 4.78 is 43.5. The molecule has 0 bridgehead atoms. The van der Waals surface area contributed by atoms with Crippen molar-refractivity contribution in [3.63, 3.8) is 0 Å². The van der Waals surface area contributed by atoms with Crippen molar-refractivity contribution < 1.29 is 22.3 Å². The van der Waals surface area contributed by atoms with Gasteiger partial charge in [-0.3, -0.25) is 4.79 Å². The number of hydrogen-bond donors (Lipinski definition) is 0. The first-order valence-corrected chi connectivity index (χ1v) is 11.9. The van der Waals surface area contributed by atoms with Crippen LogP contribution in [-0.2, 0) is 21.2 Å². The summed E-state index contributed by atoms with van der Waals surface area (Å²) in [6, 6.07) is 9.01. The first kappa shape index (κ1) is 22.6. The molecule has 1 aliphatic heterocycles. The zero-order chi connectivity index (χ0) is 22.1. The molecule has 0 unspecified atom stereocenters. The molecule has 2 aromatic rings. The van der Waals surface area contributed by atoms with Gasteiger partial charge in [-0.05, 0) is 68.1 Å². The van der Waals surface area contributed by atoms with Crippen molar-refractivity contribution in [3.05, 3.63) is 63.9 Å². The van der Waals surface area contributed by atoms with Gasteiger partial charge in [0.2, 0.25) is 0 Å². The predicted molar refractivity (Wildman–Crippen MR) is 115 cm³/mol. The van der Waals surface area contributed by atoms with Crippen molar-refractivity contribution in [3.8, 4) is 5.75 Å². The van der Waals surface area contributed by atoms with Gasteiger partial charge in [0.25, 0.3) is 5.91 Å². The molecule has 162 valence electrons. The number of ether oxygens (including phenoxy) is 1. The van der Waals surface area contributed by atoms with E-state index in [0.717, 1.165) is 11.1 Å². The first-order valence-electron chi connectivity index (χ1n) is 9.74. The maximum atomic E-state index is 13.6. The molecule has 3 rings (SSSR count). The summed E-state index contributed by atoms with van der Waals surface area (Å²) >= 11 is 6.20. The number of nitrogens with zero attached hydrogens (tertiary/aromatic N) is 1. The number of aryl methyl sites for hydroxylation is 2. The normalized spacial score (nSPS) is 18.8. The molecule has 0 saturated carbocycles. The van der Waals surface area contributed by atoms with Crippen molar-refractivity contribution in [1.29, 1.82) is 0 Å². The molecule has 1 fully saturated rings. The Morgan fingerprint density at radius 2 is 1.93 bits per heavy atom. The molecule has 0 aliphatic carbocycles. The second-order valence-electron chi connectivity index (χ2n) is 7.78. The Hall–Kier alpha value is -2.12. The van der Waals surface area contributed by atoms with E-state index in [9.17, 15) is 17.6 Å². The van der Waals surface area contributed by atoms with E-state index in [1.807, 2.05) is 13.8 Å². The average molecular weight is 454 g/mol. The number of benzene rings is 2. The number of sulfone groups is 1. The standard InChI is InChI=1S/C22H25ClFNO4S/c1-14-9-20(10-15(2)21(14)23)29-16(3)22(26)25(19-7-8-30(27,28)13-19)12-17-5-4-6-18(24)11-17/h4-6,9-11,16,19H,7-8,12-13H2,1-3H3/t16-,19+/m0/s1. The van der Waals surface area contributed by atoms with Crippen molar-refractivity contribution >= 4 is 27.3 Å². The molecule has 0 aromatic heterocycles. The number of rotatable bonds is 6. The maximum absolute atomic E-state index is 13.6. The highest BCUT2D eigenvalue weighted by atomic mass is 35.5. The summed E-state index contributed by atoms with van der Waals surface area (Å²) in [4.78, 5) is 14.8. The summed E-state index contributed by atoms with van der Waals surface area (Å²) in [6.45, 7) is 5.45. The van der Waals surface area contributed by atoms with Gasteiger partial charge >= 0.3 is 0 Å². The minimum atomic E-state index is -3.20. The van der Waals surface area contributed by atoms with Gasteiger partial charge in [-0.1, -0.05) is 23.7 Å². The van der Waals surface area contributed by atoms with E-state index >= 15 is 0 Å². The lowest BCUT2D eigenvalue weighted by molar-refractivity contribution is -0.140. The summed E-state index contributed by atoms with van der Waals surface area (Å²) in [5.74, 6) is -0.294. The van der Waals surface area contributed by atoms with E-state index in [-0.39, 0.29) is 24.0 Å². The SMILES string of the molecule is Cc1cc(O[C@@H](C)C(=O)N(Cc2cccc(F)c2)[C@@H]2CCS(=O)(=O)C2)cc(C)c1Cl. The Balaban J connectivity index is 1.83. The number of carbonyl (C=O) groups excluding carboxylic acids is 1. The van der Waals surface area contributed by atoms with Crippen molar-refractivity contribution in [2.24, 2.45) is 0 Å². The van der Waals surface area contributed by atoms with Crippen LogP contribution in [0.15, 0.2) is 36.4 Å². The smallest absolute Gasteiger partial charge is 0.263 e. The average Bonchev–Trinajstić information content (AvgIpc) is 3.03. The highest BCUT2D eigenvalue weighted by Crippen LogP contribution is 2.27. The minimum absolute atomic E-state index is 0.0371. The van der Waals surface area contributed by atoms with Crippen molar-refractivity contribution in [1.82, 2.24) is 4.90 Å². The molecule has 0 N–H and O–H groups in total. The summed E-state index contributed by atoms with van der Waals surface area (Å²) in [7, 11) is -3.20. The number of carbonyl (C=O) groups is 1. The van der Waals surface area contributed by atoms with E-state index in [1.54, 1.807) is 31.2 Å². The number of halogens is 2. The van der Waals surface area contributed by atoms with Gasteiger partial charge in [0, 0.05) is 17.6 Å². The molecular weight excluding hydrogens is 429 g/mol. The number of hydrogen-bond acceptors (Lipinski definition) is 4. The zero-order valence-corrected chi connectivity index (χ0v) is 18.8. The lowest BCUT2D eigenvalue weighted by atomic mass is 10.1. The van der Waals surface area contributed by atoms with E-state index < -0.39 is 27.8 Å². The van der Waals surface area contributed by atoms with Crippen molar-refractivity contribution in [2.45, 2.75) is 45.9 Å². The van der Waals surface area contributed by atoms with Crippen molar-refractivity contribution in [2.75, 3.05) is 11.5 Å². The van der Waals surface area contributed by atoms with Crippen LogP contribution in [0.5, 0.6) is 5.75 Å². The first-order chi connectivity index (χ1) is 14.1. The highest BCUT2D eigenvalue weighted by molar-refractivity contribution is 7.91. The Kier molecular flexibility index (Phi) is 6.72. The molecule has 2 aromatic carbocycles. The van der Waals surface area contributed by atoms with E-state index in [0.29, 0.717) is 22.8 Å². The Morgan fingerprint density at radius 1 is 1.27 bits per heavy atom. The molecule has 1 heterocycles. The maximum Gasteiger partial charge on any atom is 0.263 e. The third kappa shape index (κ3) is 5.32. The third-order valence-electron chi connectivity index (χ3n) is 5.24. The second kappa shape index (κ2) is 8.94. The summed E-state index contributed by atoms with van der Waals surface area (Å²) in [5, 5.41) is 0.644. The molecule has 1 aliphatic rings. The fraction of sp³-hybridized carbons (Fsp3) is 0.409. The van der Waals surface area contributed by atoms with Gasteiger partial charge in [-0.25, -0.2) is 12.8 Å². The van der Waals surface area contributed by atoms with Crippen LogP contribution in [0.25, 0.3) is 0 Å². The Labute approximate surface area is 181 Å². The van der Waals surface area contributed by atoms with Gasteiger partial charge in [-0.15, -0.1) is 0 Å². The van der Waals surface area contributed by atoms with Crippen LogP contribution in [0.1, 0.15) is 30.0 Å². The molecular formula is C22H25ClFNO4S. The van der Waals surface area contributed by atoms with Crippen LogP contribution in [0.4, 0.5) is 4.39 Å². The van der Waals surface area contributed by atoms with Gasteiger partial charge in [0.1, 0.15) is 11.6 Å². The topological polar surface area (TPSA) is 63.7 Å². The van der Waals surface area contributed by atoms with Gasteiger partial charge in [0.15, 0.2) is 15.9 Å². The van der Waals surface area contributed by atoms with E-state index in [4.69, 9.17) is 16.3 Å². The summed E-state index contributed by atoms with van der Waals surface area (Å²) in [6.07, 6.45) is -0.489. The zero-order valence-electron chi connectivity index (χ0n) is 17.2. The van der Waals surface area contributed by atoms with Crippen LogP contribution < -0.4 is 4.74 Å². The molecule has 5 nitrogen and oxygen atoms in total. The van der Waals surface area contributed by atoms with Crippen LogP contribution in [0, 0.1) is 19.7 Å². The molecule has 8 heteroatoms. The van der Waals surface area contributed by atoms with Crippen LogP contribution in [-0.4, -0.2) is 42.9 Å². The molecule has 30 heavy (non-hydrogen) atoms. The Morgan fingerprint density at radius 3 is 2.50 bits per heavy atom. The summed E-state index contributed by atoms with van der Waals surface area (Å²) in [5.41, 5.74) is 2.27. The quantitative estimate of drug-likeness (QED) is 0.661. The molecule has 2 atom stereocenters. The third-order valence-corrected chi connectivity index (χ3v) is 7.59. The van der Waals surface area contributed by atoms with Crippen LogP contribution in [0.2, 0.25) is 5.02 Å². The Bertz CT molecular complexity index is 1030. The molecule has 1 saturated heterocycles. The molecule has 0 spiro atoms. The fourth-order valence-corrected chi connectivity index (χ4v) is 5.54. The van der Waals surface area contributed by atoms with Crippen LogP contribution in [0.3, 0.4) is 0 Å². The number of amides is 1. The van der Waals surface area contributed by atoms with Crippen LogP contribution >= 0.6 is 11.6 Å². The monoisotopic (exact) mass is 453 g/mol. The second-order valence-corrected chi connectivity index (χ2v) is 10.4. The lowest BCUT2D eigenvalue weighted by Crippen LogP contribution is -2.46. The minimum Gasteiger partial charge on any atom is -0.481 e. The molecule has 0 radical (unpaired) electrons. The largest absolute Gasteiger partial charge is 0.481 e. The van der Waals surface area contributed by atoms with E-state index in [1.165, 1.54) is 17.0 Å². The highest BCUT2D eigenvalue weighted by Gasteiger charge is 2.36. The van der Waals surface area contributed by atoms with E-state index in [2.05, 4.69) is 0 Å². The van der Waals surface area contributed by atoms with Gasteiger partial charge in [-0.2, -0.15) is 0 Å².